The number of rotatable bonds is 1. The van der Waals surface area contributed by atoms with Crippen LogP contribution in [-0.2, 0) is 0 Å². The first-order chi connectivity index (χ1) is 4.33. The third kappa shape index (κ3) is 1.80. The molecule has 0 saturated heterocycles. The Morgan fingerprint density at radius 1 is 1.56 bits per heavy atom. The molecular weight excluding hydrogens is 181 g/mol. The number of pyridine rings is 1. The van der Waals surface area contributed by atoms with Crippen LogP contribution in [-0.4, -0.2) is 17.5 Å². The molecule has 0 aliphatic rings. The van der Waals surface area contributed by atoms with Crippen LogP contribution in [0.3, 0.4) is 0 Å². The van der Waals surface area contributed by atoms with Gasteiger partial charge >= 0.3 is 7.48 Å². The highest BCUT2D eigenvalue weighted by molar-refractivity contribution is 9.10. The van der Waals surface area contributed by atoms with E-state index in [9.17, 15) is 0 Å². The van der Waals surface area contributed by atoms with Crippen LogP contribution < -0.4 is 5.59 Å². The molecule has 0 unspecified atom stereocenters. The van der Waals surface area contributed by atoms with E-state index in [1.54, 1.807) is 12.3 Å². The largest absolute Gasteiger partial charge is 0.449 e. The Hall–Kier alpha value is -0.345. The average Bonchev–Trinajstić information content (AvgIpc) is 1.90. The number of hydrogen-bond donors (Lipinski definition) is 1. The van der Waals surface area contributed by atoms with Crippen molar-refractivity contribution in [1.82, 2.24) is 4.98 Å². The number of halogens is 1. The first-order valence-corrected chi connectivity index (χ1v) is 3.21. The molecule has 1 radical (unpaired) electrons. The van der Waals surface area contributed by atoms with Crippen molar-refractivity contribution in [3.8, 4) is 0 Å². The van der Waals surface area contributed by atoms with Gasteiger partial charge in [-0.25, -0.2) is 0 Å². The third-order valence-electron chi connectivity index (χ3n) is 0.883. The van der Waals surface area contributed by atoms with Crippen molar-refractivity contribution in [3.05, 3.63) is 22.8 Å². The number of aromatic nitrogens is 1. The second-order valence-electron chi connectivity index (χ2n) is 1.53. The fourth-order valence-corrected chi connectivity index (χ4v) is 0.698. The van der Waals surface area contributed by atoms with Crippen LogP contribution in [0, 0.1) is 0 Å². The fraction of sp³-hybridized carbons (Fsp3) is 0. The molecule has 0 atom stereocenters. The van der Waals surface area contributed by atoms with Crippen molar-refractivity contribution in [3.63, 3.8) is 0 Å². The lowest BCUT2D eigenvalue weighted by atomic mass is 9.96. The summed E-state index contributed by atoms with van der Waals surface area (Å²) in [5.74, 6) is 0. The van der Waals surface area contributed by atoms with Gasteiger partial charge in [-0.05, 0) is 28.1 Å². The summed E-state index contributed by atoms with van der Waals surface area (Å²) in [6.45, 7) is 0. The lowest BCUT2D eigenvalue weighted by molar-refractivity contribution is 0.614. The van der Waals surface area contributed by atoms with E-state index in [0.29, 0.717) is 5.59 Å². The maximum Gasteiger partial charge on any atom is 0.348 e. The van der Waals surface area contributed by atoms with E-state index < -0.39 is 0 Å². The van der Waals surface area contributed by atoms with Gasteiger partial charge in [-0.15, -0.1) is 0 Å². The topological polar surface area (TPSA) is 33.1 Å². The molecular formula is C5H4BBrNO. The van der Waals surface area contributed by atoms with Gasteiger partial charge in [0.2, 0.25) is 0 Å². The van der Waals surface area contributed by atoms with E-state index in [-0.39, 0.29) is 0 Å². The highest BCUT2D eigenvalue weighted by Gasteiger charge is 1.91. The molecule has 45 valence electrons. The quantitative estimate of drug-likeness (QED) is 0.628. The molecule has 4 heteroatoms. The van der Waals surface area contributed by atoms with Crippen LogP contribution >= 0.6 is 15.9 Å². The van der Waals surface area contributed by atoms with E-state index in [2.05, 4.69) is 20.9 Å². The third-order valence-corrected chi connectivity index (χ3v) is 1.35. The highest BCUT2D eigenvalue weighted by atomic mass is 79.9. The Kier molecular flexibility index (Phi) is 2.25. The Bertz CT molecular complexity index is 189. The van der Waals surface area contributed by atoms with E-state index in [1.807, 2.05) is 6.07 Å². The fourth-order valence-electron chi connectivity index (χ4n) is 0.464. The first-order valence-electron chi connectivity index (χ1n) is 2.42. The predicted octanol–water partition coefficient (Wildman–Crippen LogP) is 0.0809. The molecule has 1 rings (SSSR count). The van der Waals surface area contributed by atoms with Gasteiger partial charge in [0.25, 0.3) is 0 Å². The molecule has 0 amide bonds. The zero-order valence-corrected chi connectivity index (χ0v) is 6.17. The van der Waals surface area contributed by atoms with Crippen LogP contribution in [0.2, 0.25) is 0 Å². The van der Waals surface area contributed by atoms with Crippen LogP contribution in [0.15, 0.2) is 22.8 Å². The smallest absolute Gasteiger partial charge is 0.348 e. The molecule has 0 fully saturated rings. The molecule has 9 heavy (non-hydrogen) atoms. The summed E-state index contributed by atoms with van der Waals surface area (Å²) in [5, 5.41) is 8.43. The normalized spacial score (nSPS) is 9.11. The summed E-state index contributed by atoms with van der Waals surface area (Å²) in [6, 6.07) is 3.53. The predicted molar refractivity (Wildman–Crippen MR) is 39.5 cm³/mol. The van der Waals surface area contributed by atoms with E-state index in [4.69, 9.17) is 5.02 Å². The Balaban J connectivity index is 2.88. The van der Waals surface area contributed by atoms with Crippen LogP contribution in [0.1, 0.15) is 0 Å². The maximum atomic E-state index is 8.43. The first kappa shape index (κ1) is 6.77. The zero-order valence-electron chi connectivity index (χ0n) is 4.58. The van der Waals surface area contributed by atoms with Gasteiger partial charge in [0.15, 0.2) is 0 Å². The molecule has 1 heterocycles. The van der Waals surface area contributed by atoms with Gasteiger partial charge in [0.05, 0.1) is 0 Å². The molecule has 0 aromatic carbocycles. The summed E-state index contributed by atoms with van der Waals surface area (Å²) < 4.78 is 0.910. The molecule has 0 spiro atoms. The zero-order chi connectivity index (χ0) is 6.69. The number of hydrogen-bond acceptors (Lipinski definition) is 2. The van der Waals surface area contributed by atoms with Crippen LogP contribution in [0.25, 0.3) is 0 Å². The summed E-state index contributed by atoms with van der Waals surface area (Å²) in [7, 11) is 0.965. The van der Waals surface area contributed by atoms with Crippen molar-refractivity contribution >= 4 is 29.0 Å². The Labute approximate surface area is 62.3 Å². The number of nitrogens with zero attached hydrogens (tertiary/aromatic N) is 1. The van der Waals surface area contributed by atoms with Crippen molar-refractivity contribution in [2.24, 2.45) is 0 Å². The maximum absolute atomic E-state index is 8.43. The molecule has 0 saturated carbocycles. The second kappa shape index (κ2) is 2.99. The summed E-state index contributed by atoms with van der Waals surface area (Å²) in [6.07, 6.45) is 1.63. The molecule has 0 bridgehead atoms. The van der Waals surface area contributed by atoms with Gasteiger partial charge in [-0.2, -0.15) is 0 Å². The minimum Gasteiger partial charge on any atom is -0.449 e. The highest BCUT2D eigenvalue weighted by Crippen LogP contribution is 2.02. The molecule has 0 aliphatic heterocycles. The molecule has 2 nitrogen and oxygen atoms in total. The van der Waals surface area contributed by atoms with Gasteiger partial charge in [0.1, 0.15) is 0 Å². The average molecular weight is 185 g/mol. The van der Waals surface area contributed by atoms with Crippen molar-refractivity contribution in [2.45, 2.75) is 0 Å². The van der Waals surface area contributed by atoms with Gasteiger partial charge in [-0.1, -0.05) is 0 Å². The van der Waals surface area contributed by atoms with Gasteiger partial charge in [0, 0.05) is 16.3 Å². The van der Waals surface area contributed by atoms with Crippen molar-refractivity contribution < 1.29 is 5.02 Å². The lowest BCUT2D eigenvalue weighted by Gasteiger charge is -1.90. The monoisotopic (exact) mass is 184 g/mol. The standard InChI is InChI=1S/C5H4BBrNO/c7-4-1-2-5(6-9)8-3-4/h1-3,9H. The van der Waals surface area contributed by atoms with Crippen LogP contribution in [0.5, 0.6) is 0 Å². The lowest BCUT2D eigenvalue weighted by Crippen LogP contribution is -2.16. The van der Waals surface area contributed by atoms with E-state index in [0.717, 1.165) is 12.0 Å². The Morgan fingerprint density at radius 2 is 2.33 bits per heavy atom. The summed E-state index contributed by atoms with van der Waals surface area (Å²) in [4.78, 5) is 3.84. The minimum atomic E-state index is 0.568. The molecule has 1 aromatic heterocycles. The van der Waals surface area contributed by atoms with E-state index in [1.165, 1.54) is 0 Å². The van der Waals surface area contributed by atoms with E-state index >= 15 is 0 Å². The molecule has 1 N–H and O–H groups in total. The van der Waals surface area contributed by atoms with Crippen LogP contribution in [0.4, 0.5) is 0 Å². The summed E-state index contributed by atoms with van der Waals surface area (Å²) >= 11 is 3.22. The molecule has 0 aliphatic carbocycles. The molecule has 1 aromatic rings. The van der Waals surface area contributed by atoms with Gasteiger partial charge in [-0.3, -0.25) is 4.98 Å². The summed E-state index contributed by atoms with van der Waals surface area (Å²) in [5.41, 5.74) is 0.568. The minimum absolute atomic E-state index is 0.568. The van der Waals surface area contributed by atoms with Gasteiger partial charge < -0.3 is 5.02 Å². The second-order valence-corrected chi connectivity index (χ2v) is 2.45. The van der Waals surface area contributed by atoms with Crippen molar-refractivity contribution in [2.75, 3.05) is 0 Å². The van der Waals surface area contributed by atoms with Crippen molar-refractivity contribution in [1.29, 1.82) is 0 Å². The Morgan fingerprint density at radius 3 is 2.78 bits per heavy atom. The SMILES string of the molecule is O[B]c1ccc(Br)cn1.